The van der Waals surface area contributed by atoms with Gasteiger partial charge in [-0.05, 0) is 87.6 Å². The van der Waals surface area contributed by atoms with Gasteiger partial charge in [0, 0.05) is 36.0 Å². The monoisotopic (exact) mass is 602 g/mol. The fourth-order valence-corrected chi connectivity index (χ4v) is 6.79. The summed E-state index contributed by atoms with van der Waals surface area (Å²) in [6.07, 6.45) is 2.88. The summed E-state index contributed by atoms with van der Waals surface area (Å²) in [6.45, 7) is 1.87. The van der Waals surface area contributed by atoms with Crippen molar-refractivity contribution < 1.29 is 27.9 Å². The number of carbonyl (C=O) groups excluding carboxylic acids is 2. The molecule has 13 heteroatoms. The molecule has 0 unspecified atom stereocenters. The van der Waals surface area contributed by atoms with Crippen LogP contribution in [0.15, 0.2) is 36.7 Å². The number of aliphatic hydroxyl groups is 1. The highest BCUT2D eigenvalue weighted by Crippen LogP contribution is 2.43. The van der Waals surface area contributed by atoms with E-state index in [1.54, 1.807) is 18.3 Å². The molecule has 2 amide bonds. The summed E-state index contributed by atoms with van der Waals surface area (Å²) in [5, 5.41) is 18.0. The number of amides is 2. The van der Waals surface area contributed by atoms with Gasteiger partial charge in [-0.3, -0.25) is 9.59 Å². The number of halogens is 3. The van der Waals surface area contributed by atoms with E-state index in [-0.39, 0.29) is 35.6 Å². The van der Waals surface area contributed by atoms with Crippen molar-refractivity contribution in [2.24, 2.45) is 17.6 Å². The zero-order valence-electron chi connectivity index (χ0n) is 23.1. The Kier molecular flexibility index (Phi) is 8.51. The first-order valence-corrected chi connectivity index (χ1v) is 14.8. The van der Waals surface area contributed by atoms with Crippen molar-refractivity contribution >= 4 is 34.8 Å². The van der Waals surface area contributed by atoms with Gasteiger partial charge in [-0.2, -0.15) is 13.2 Å². The molecule has 5 N–H and O–H groups in total. The van der Waals surface area contributed by atoms with Gasteiger partial charge < -0.3 is 21.5 Å². The molecule has 5 rings (SSSR count). The SMILES string of the molecule is Cc1cc(Nc2nccc(C(F)(F)F)n2)cc(-c2cnc(C3(O)CCC(C(=O)NC4CCC(C(N)=O)CC4)CC3)s2)c1. The van der Waals surface area contributed by atoms with Gasteiger partial charge in [0.2, 0.25) is 17.8 Å². The van der Waals surface area contributed by atoms with Crippen molar-refractivity contribution in [2.45, 2.75) is 76.1 Å². The minimum Gasteiger partial charge on any atom is -0.383 e. The number of carbonyl (C=O) groups is 2. The highest BCUT2D eigenvalue weighted by Gasteiger charge is 2.40. The van der Waals surface area contributed by atoms with Crippen LogP contribution in [0, 0.1) is 18.8 Å². The first-order chi connectivity index (χ1) is 19.9. The number of alkyl halides is 3. The average Bonchev–Trinajstić information content (AvgIpc) is 3.45. The van der Waals surface area contributed by atoms with Gasteiger partial charge in [-0.25, -0.2) is 15.0 Å². The van der Waals surface area contributed by atoms with Gasteiger partial charge in [0.05, 0.1) is 4.88 Å². The molecular formula is C29H33F3N6O3S. The number of hydrogen-bond donors (Lipinski definition) is 4. The first kappa shape index (κ1) is 29.9. The molecule has 2 aromatic heterocycles. The number of aryl methyl sites for hydroxylation is 1. The third-order valence-corrected chi connectivity index (χ3v) is 9.37. The molecule has 2 fully saturated rings. The van der Waals surface area contributed by atoms with Gasteiger partial charge in [0.25, 0.3) is 0 Å². The maximum absolute atomic E-state index is 13.1. The summed E-state index contributed by atoms with van der Waals surface area (Å²) in [7, 11) is 0. The van der Waals surface area contributed by atoms with E-state index in [0.717, 1.165) is 41.1 Å². The molecule has 0 atom stereocenters. The van der Waals surface area contributed by atoms with Crippen molar-refractivity contribution in [3.05, 3.63) is 52.9 Å². The lowest BCUT2D eigenvalue weighted by Crippen LogP contribution is -2.44. The Hall–Kier alpha value is -3.58. The Morgan fingerprint density at radius 2 is 1.76 bits per heavy atom. The molecule has 0 bridgehead atoms. The van der Waals surface area contributed by atoms with Gasteiger partial charge in [-0.15, -0.1) is 11.3 Å². The normalized spacial score (nSPS) is 24.6. The third kappa shape index (κ3) is 6.89. The van der Waals surface area contributed by atoms with Crippen LogP contribution in [0.1, 0.15) is 67.6 Å². The zero-order chi connectivity index (χ0) is 30.1. The van der Waals surface area contributed by atoms with Crippen molar-refractivity contribution in [3.63, 3.8) is 0 Å². The second-order valence-corrected chi connectivity index (χ2v) is 12.3. The molecular weight excluding hydrogens is 569 g/mol. The molecule has 3 aromatic rings. The lowest BCUT2D eigenvalue weighted by molar-refractivity contribution is -0.141. The Morgan fingerprint density at radius 1 is 1.05 bits per heavy atom. The summed E-state index contributed by atoms with van der Waals surface area (Å²) in [6, 6.07) is 6.34. The number of benzene rings is 1. The topological polar surface area (TPSA) is 143 Å². The summed E-state index contributed by atoms with van der Waals surface area (Å²) in [5.41, 5.74) is 5.40. The summed E-state index contributed by atoms with van der Waals surface area (Å²) in [4.78, 5) is 37.1. The van der Waals surface area contributed by atoms with Crippen LogP contribution >= 0.6 is 11.3 Å². The van der Waals surface area contributed by atoms with Crippen LogP contribution in [-0.2, 0) is 21.4 Å². The maximum atomic E-state index is 13.1. The molecule has 0 aliphatic heterocycles. The van der Waals surface area contributed by atoms with Crippen molar-refractivity contribution in [1.29, 1.82) is 0 Å². The Bertz CT molecular complexity index is 1450. The maximum Gasteiger partial charge on any atom is 0.433 e. The van der Waals surface area contributed by atoms with Crippen LogP contribution in [0.2, 0.25) is 0 Å². The fraction of sp³-hybridized carbons (Fsp3) is 0.483. The fourth-order valence-electron chi connectivity index (χ4n) is 5.74. The lowest BCUT2D eigenvalue weighted by Gasteiger charge is -2.35. The van der Waals surface area contributed by atoms with Gasteiger partial charge in [0.15, 0.2) is 0 Å². The van der Waals surface area contributed by atoms with Gasteiger partial charge in [0.1, 0.15) is 16.3 Å². The van der Waals surface area contributed by atoms with E-state index < -0.39 is 17.5 Å². The number of thiazole rings is 1. The van der Waals surface area contributed by atoms with E-state index in [2.05, 4.69) is 25.6 Å². The summed E-state index contributed by atoms with van der Waals surface area (Å²) in [5.74, 6) is -0.759. The van der Waals surface area contributed by atoms with Crippen molar-refractivity contribution in [3.8, 4) is 10.4 Å². The van der Waals surface area contributed by atoms with Crippen molar-refractivity contribution in [2.75, 3.05) is 5.32 Å². The van der Waals surface area contributed by atoms with E-state index in [0.29, 0.717) is 49.2 Å². The minimum atomic E-state index is -4.58. The van der Waals surface area contributed by atoms with Crippen LogP contribution in [0.5, 0.6) is 0 Å². The minimum absolute atomic E-state index is 0.0102. The largest absolute Gasteiger partial charge is 0.433 e. The molecule has 224 valence electrons. The van der Waals surface area contributed by atoms with Gasteiger partial charge in [-0.1, -0.05) is 6.07 Å². The van der Waals surface area contributed by atoms with E-state index in [1.165, 1.54) is 11.3 Å². The number of nitrogens with zero attached hydrogens (tertiary/aromatic N) is 3. The van der Waals surface area contributed by atoms with E-state index >= 15 is 0 Å². The van der Waals surface area contributed by atoms with Crippen molar-refractivity contribution in [1.82, 2.24) is 20.3 Å². The summed E-state index contributed by atoms with van der Waals surface area (Å²) >= 11 is 1.35. The number of hydrogen-bond acceptors (Lipinski definition) is 8. The van der Waals surface area contributed by atoms with E-state index in [9.17, 15) is 27.9 Å². The molecule has 0 radical (unpaired) electrons. The lowest BCUT2D eigenvalue weighted by atomic mass is 9.78. The predicted octanol–water partition coefficient (Wildman–Crippen LogP) is 5.21. The van der Waals surface area contributed by atoms with E-state index in [4.69, 9.17) is 5.73 Å². The molecule has 9 nitrogen and oxygen atoms in total. The quantitative estimate of drug-likeness (QED) is 0.291. The molecule has 2 saturated carbocycles. The first-order valence-electron chi connectivity index (χ1n) is 14.0. The molecule has 2 aliphatic rings. The van der Waals surface area contributed by atoms with Crippen LogP contribution in [0.25, 0.3) is 10.4 Å². The van der Waals surface area contributed by atoms with Crippen LogP contribution in [0.3, 0.4) is 0 Å². The zero-order valence-corrected chi connectivity index (χ0v) is 23.9. The Morgan fingerprint density at radius 3 is 2.43 bits per heavy atom. The highest BCUT2D eigenvalue weighted by atomic mass is 32.1. The number of nitrogens with one attached hydrogen (secondary N) is 2. The second kappa shape index (κ2) is 12.0. The Labute approximate surface area is 245 Å². The standard InChI is InChI=1S/C29H33F3N6O3S/c1-16-12-19(14-21(13-16)37-27-34-11-8-23(38-27)29(30,31)32)22-15-35-26(42-22)28(41)9-6-18(7-10-28)25(40)36-20-4-2-17(3-5-20)24(33)39/h8,11-15,17-18,20,41H,2-7,9-10H2,1H3,(H2,33,39)(H,36,40)(H,34,37,38). The number of anilines is 2. The molecule has 2 aliphatic carbocycles. The molecule has 42 heavy (non-hydrogen) atoms. The molecule has 0 saturated heterocycles. The highest BCUT2D eigenvalue weighted by molar-refractivity contribution is 7.15. The summed E-state index contributed by atoms with van der Waals surface area (Å²) < 4.78 is 39.2. The number of primary amides is 1. The number of aromatic nitrogens is 3. The van der Waals surface area contributed by atoms with Crippen LogP contribution in [0.4, 0.5) is 24.8 Å². The predicted molar refractivity (Wildman–Crippen MR) is 152 cm³/mol. The molecule has 1 aromatic carbocycles. The van der Waals surface area contributed by atoms with E-state index in [1.807, 2.05) is 13.0 Å². The smallest absolute Gasteiger partial charge is 0.383 e. The Balaban J connectivity index is 1.21. The third-order valence-electron chi connectivity index (χ3n) is 8.13. The van der Waals surface area contributed by atoms with Gasteiger partial charge >= 0.3 is 6.18 Å². The average molecular weight is 603 g/mol. The number of nitrogens with two attached hydrogens (primary N) is 1. The molecule has 2 heterocycles. The van der Waals surface area contributed by atoms with Crippen LogP contribution in [-0.4, -0.2) is 37.9 Å². The molecule has 0 spiro atoms. The van der Waals surface area contributed by atoms with Crippen LogP contribution < -0.4 is 16.4 Å². The second-order valence-electron chi connectivity index (χ2n) is 11.3. The number of rotatable bonds is 7.